The molecule has 0 heterocycles. The largest absolute Gasteiger partial charge is 0.491 e. The van der Waals surface area contributed by atoms with E-state index in [1.165, 1.54) is 0 Å². The molecule has 2 rings (SSSR count). The third kappa shape index (κ3) is 3.48. The first kappa shape index (κ1) is 14.8. The summed E-state index contributed by atoms with van der Waals surface area (Å²) in [5.41, 5.74) is -0.0597. The van der Waals surface area contributed by atoms with E-state index in [0.717, 1.165) is 16.3 Å². The molecule has 0 aliphatic rings. The topological polar surface area (TPSA) is 69.9 Å². The molecule has 0 radical (unpaired) electrons. The standard InChI is InChI=1S/C16H20O4/c1-16(2,19)13-5-3-11-4-6-15(8-12(11)7-13)20-10-14(18)9-17/h3-8,14,17-19H,9-10H2,1-2H3. The number of fused-ring (bicyclic) bond motifs is 1. The third-order valence-corrected chi connectivity index (χ3v) is 3.17. The van der Waals surface area contributed by atoms with Gasteiger partial charge >= 0.3 is 0 Å². The summed E-state index contributed by atoms with van der Waals surface area (Å²) in [4.78, 5) is 0. The third-order valence-electron chi connectivity index (χ3n) is 3.17. The van der Waals surface area contributed by atoms with Crippen LogP contribution in [-0.4, -0.2) is 34.6 Å². The van der Waals surface area contributed by atoms with E-state index in [-0.39, 0.29) is 13.2 Å². The minimum atomic E-state index is -0.891. The average Bonchev–Trinajstić information content (AvgIpc) is 2.42. The fraction of sp³-hybridized carbons (Fsp3) is 0.375. The Balaban J connectivity index is 2.27. The molecule has 0 bridgehead atoms. The molecule has 0 saturated carbocycles. The van der Waals surface area contributed by atoms with E-state index in [1.54, 1.807) is 13.8 Å². The Morgan fingerprint density at radius 3 is 2.45 bits per heavy atom. The Morgan fingerprint density at radius 1 is 1.10 bits per heavy atom. The fourth-order valence-corrected chi connectivity index (χ4v) is 1.94. The predicted octanol–water partition coefficient (Wildman–Crippen LogP) is 1.80. The summed E-state index contributed by atoms with van der Waals surface area (Å²) in [6.45, 7) is 3.21. The van der Waals surface area contributed by atoms with Gasteiger partial charge in [0.2, 0.25) is 0 Å². The van der Waals surface area contributed by atoms with Gasteiger partial charge in [0, 0.05) is 0 Å². The highest BCUT2D eigenvalue weighted by Crippen LogP contribution is 2.27. The van der Waals surface area contributed by atoms with Crippen LogP contribution in [0.2, 0.25) is 0 Å². The van der Waals surface area contributed by atoms with E-state index in [2.05, 4.69) is 0 Å². The molecule has 0 fully saturated rings. The summed E-state index contributed by atoms with van der Waals surface area (Å²) < 4.78 is 5.42. The van der Waals surface area contributed by atoms with Gasteiger partial charge in [-0.25, -0.2) is 0 Å². The van der Waals surface area contributed by atoms with Crippen LogP contribution in [0.25, 0.3) is 10.8 Å². The predicted molar refractivity (Wildman–Crippen MR) is 77.8 cm³/mol. The zero-order valence-corrected chi connectivity index (χ0v) is 11.7. The Morgan fingerprint density at radius 2 is 1.80 bits per heavy atom. The Hall–Kier alpha value is -1.62. The van der Waals surface area contributed by atoms with E-state index >= 15 is 0 Å². The van der Waals surface area contributed by atoms with E-state index in [1.807, 2.05) is 36.4 Å². The maximum absolute atomic E-state index is 10.0. The molecule has 3 N–H and O–H groups in total. The Kier molecular flexibility index (Phi) is 4.28. The number of benzene rings is 2. The van der Waals surface area contributed by atoms with Gasteiger partial charge in [-0.2, -0.15) is 0 Å². The van der Waals surface area contributed by atoms with Gasteiger partial charge in [0.1, 0.15) is 18.5 Å². The van der Waals surface area contributed by atoms with Crippen molar-refractivity contribution in [3.8, 4) is 5.75 Å². The first-order valence-electron chi connectivity index (χ1n) is 6.58. The minimum absolute atomic E-state index is 0.0488. The number of aliphatic hydroxyl groups excluding tert-OH is 2. The SMILES string of the molecule is CC(C)(O)c1ccc2ccc(OCC(O)CO)cc2c1. The van der Waals surface area contributed by atoms with Gasteiger partial charge in [0.25, 0.3) is 0 Å². The van der Waals surface area contributed by atoms with Gasteiger partial charge in [0.05, 0.1) is 12.2 Å². The second-order valence-corrected chi connectivity index (χ2v) is 5.43. The van der Waals surface area contributed by atoms with Crippen molar-refractivity contribution in [2.75, 3.05) is 13.2 Å². The zero-order chi connectivity index (χ0) is 14.8. The molecule has 4 heteroatoms. The van der Waals surface area contributed by atoms with Gasteiger partial charge < -0.3 is 20.1 Å². The summed E-state index contributed by atoms with van der Waals surface area (Å²) in [5.74, 6) is 0.623. The molecular weight excluding hydrogens is 256 g/mol. The van der Waals surface area contributed by atoms with Crippen molar-refractivity contribution in [2.24, 2.45) is 0 Å². The van der Waals surface area contributed by atoms with Crippen molar-refractivity contribution in [2.45, 2.75) is 25.6 Å². The van der Waals surface area contributed by atoms with Crippen molar-refractivity contribution in [3.63, 3.8) is 0 Å². The van der Waals surface area contributed by atoms with Gasteiger partial charge in [-0.05, 0) is 48.4 Å². The molecule has 0 saturated heterocycles. The van der Waals surface area contributed by atoms with E-state index < -0.39 is 11.7 Å². The van der Waals surface area contributed by atoms with Crippen LogP contribution >= 0.6 is 0 Å². The second-order valence-electron chi connectivity index (χ2n) is 5.43. The molecule has 108 valence electrons. The lowest BCUT2D eigenvalue weighted by Crippen LogP contribution is -2.21. The molecule has 1 unspecified atom stereocenters. The van der Waals surface area contributed by atoms with Crippen LogP contribution in [0, 0.1) is 0 Å². The van der Waals surface area contributed by atoms with Crippen LogP contribution in [-0.2, 0) is 5.60 Å². The van der Waals surface area contributed by atoms with Crippen molar-refractivity contribution < 1.29 is 20.1 Å². The number of ether oxygens (including phenoxy) is 1. The van der Waals surface area contributed by atoms with Crippen molar-refractivity contribution in [1.82, 2.24) is 0 Å². The molecule has 4 nitrogen and oxygen atoms in total. The molecule has 1 atom stereocenters. The first-order valence-corrected chi connectivity index (χ1v) is 6.58. The summed E-state index contributed by atoms with van der Waals surface area (Å²) in [5, 5.41) is 30.1. The quantitative estimate of drug-likeness (QED) is 0.779. The van der Waals surface area contributed by atoms with Gasteiger partial charge in [-0.15, -0.1) is 0 Å². The molecule has 0 aliphatic carbocycles. The highest BCUT2D eigenvalue weighted by atomic mass is 16.5. The highest BCUT2D eigenvalue weighted by molar-refractivity contribution is 5.84. The molecule has 0 spiro atoms. The molecule has 2 aromatic rings. The Bertz CT molecular complexity index is 587. The molecule has 0 aliphatic heterocycles. The molecular formula is C16H20O4. The summed E-state index contributed by atoms with van der Waals surface area (Å²) in [6, 6.07) is 11.4. The van der Waals surface area contributed by atoms with Gasteiger partial charge in [-0.3, -0.25) is 0 Å². The summed E-state index contributed by atoms with van der Waals surface area (Å²) in [7, 11) is 0. The highest BCUT2D eigenvalue weighted by Gasteiger charge is 2.16. The number of aliphatic hydroxyl groups is 3. The summed E-state index contributed by atoms with van der Waals surface area (Å²) >= 11 is 0. The van der Waals surface area contributed by atoms with Crippen molar-refractivity contribution in [3.05, 3.63) is 42.0 Å². The molecule has 2 aromatic carbocycles. The lowest BCUT2D eigenvalue weighted by Gasteiger charge is -2.18. The van der Waals surface area contributed by atoms with Gasteiger partial charge in [-0.1, -0.05) is 18.2 Å². The zero-order valence-electron chi connectivity index (χ0n) is 11.7. The van der Waals surface area contributed by atoms with Crippen molar-refractivity contribution in [1.29, 1.82) is 0 Å². The second kappa shape index (κ2) is 5.79. The van der Waals surface area contributed by atoms with Gasteiger partial charge in [0.15, 0.2) is 0 Å². The van der Waals surface area contributed by atoms with Crippen molar-refractivity contribution >= 4 is 10.8 Å². The number of rotatable bonds is 5. The average molecular weight is 276 g/mol. The maximum atomic E-state index is 10.0. The molecule has 20 heavy (non-hydrogen) atoms. The normalized spacial score (nSPS) is 13.4. The molecule has 0 amide bonds. The fourth-order valence-electron chi connectivity index (χ4n) is 1.94. The van der Waals surface area contributed by atoms with Crippen LogP contribution in [0.3, 0.4) is 0 Å². The first-order chi connectivity index (χ1) is 9.40. The number of hydrogen-bond acceptors (Lipinski definition) is 4. The lowest BCUT2D eigenvalue weighted by molar-refractivity contribution is 0.0536. The van der Waals surface area contributed by atoms with Crippen LogP contribution in [0.5, 0.6) is 5.75 Å². The van der Waals surface area contributed by atoms with Crippen LogP contribution in [0.4, 0.5) is 0 Å². The van der Waals surface area contributed by atoms with E-state index in [4.69, 9.17) is 9.84 Å². The van der Waals surface area contributed by atoms with E-state index in [0.29, 0.717) is 5.75 Å². The van der Waals surface area contributed by atoms with E-state index in [9.17, 15) is 10.2 Å². The number of hydrogen-bond donors (Lipinski definition) is 3. The monoisotopic (exact) mass is 276 g/mol. The maximum Gasteiger partial charge on any atom is 0.120 e. The molecule has 0 aromatic heterocycles. The summed E-state index contributed by atoms with van der Waals surface area (Å²) in [6.07, 6.45) is -0.881. The minimum Gasteiger partial charge on any atom is -0.491 e. The lowest BCUT2D eigenvalue weighted by atomic mass is 9.95. The van der Waals surface area contributed by atoms with Crippen LogP contribution in [0.1, 0.15) is 19.4 Å². The smallest absolute Gasteiger partial charge is 0.120 e. The van der Waals surface area contributed by atoms with Crippen LogP contribution in [0.15, 0.2) is 36.4 Å². The Labute approximate surface area is 118 Å². The van der Waals surface area contributed by atoms with Crippen LogP contribution < -0.4 is 4.74 Å².